The van der Waals surface area contributed by atoms with E-state index in [2.05, 4.69) is 25.7 Å². The average Bonchev–Trinajstić information content (AvgIpc) is 2.97. The van der Waals surface area contributed by atoms with Crippen molar-refractivity contribution in [3.05, 3.63) is 76.6 Å². The fourth-order valence-electron chi connectivity index (χ4n) is 5.46. The molecule has 42 heavy (non-hydrogen) atoms. The highest BCUT2D eigenvalue weighted by Gasteiger charge is 2.35. The fourth-order valence-corrected chi connectivity index (χ4v) is 5.63. The van der Waals surface area contributed by atoms with Crippen LogP contribution in [0, 0.1) is 17.6 Å². The van der Waals surface area contributed by atoms with Crippen molar-refractivity contribution in [2.24, 2.45) is 5.92 Å². The number of anilines is 2. The lowest BCUT2D eigenvalue weighted by atomic mass is 9.93. The Morgan fingerprint density at radius 3 is 2.69 bits per heavy atom. The van der Waals surface area contributed by atoms with Crippen LogP contribution in [0.2, 0.25) is 5.02 Å². The number of urea groups is 1. The SMILES string of the molecule is COC(=O)Nc1ccc2c(c1)NC(=O)C(C)CCCC(N1CCC(c3c(F)ccc(Cl)c3F)NC1=O)c1cc-2ccn1. The number of halogens is 3. The molecule has 3 atom stereocenters. The van der Waals surface area contributed by atoms with E-state index in [0.717, 1.165) is 17.7 Å². The van der Waals surface area contributed by atoms with Crippen molar-refractivity contribution in [2.45, 2.75) is 44.7 Å². The zero-order chi connectivity index (χ0) is 30.0. The van der Waals surface area contributed by atoms with Crippen molar-refractivity contribution < 1.29 is 27.9 Å². The Hall–Kier alpha value is -4.25. The maximum Gasteiger partial charge on any atom is 0.411 e. The van der Waals surface area contributed by atoms with Crippen LogP contribution in [0.15, 0.2) is 48.7 Å². The summed E-state index contributed by atoms with van der Waals surface area (Å²) in [7, 11) is 1.26. The highest BCUT2D eigenvalue weighted by atomic mass is 35.5. The lowest BCUT2D eigenvalue weighted by molar-refractivity contribution is -0.119. The van der Waals surface area contributed by atoms with Crippen LogP contribution < -0.4 is 16.0 Å². The van der Waals surface area contributed by atoms with Gasteiger partial charge >= 0.3 is 12.1 Å². The molecule has 1 fully saturated rings. The van der Waals surface area contributed by atoms with Gasteiger partial charge in [0.05, 0.1) is 35.6 Å². The molecule has 4 amide bonds. The molecule has 2 aliphatic rings. The fraction of sp³-hybridized carbons (Fsp3) is 0.333. The Bertz CT molecular complexity index is 1540. The van der Waals surface area contributed by atoms with Crippen molar-refractivity contribution in [1.29, 1.82) is 0 Å². The number of pyridine rings is 1. The third-order valence-electron chi connectivity index (χ3n) is 7.73. The molecule has 3 heterocycles. The highest BCUT2D eigenvalue weighted by molar-refractivity contribution is 6.30. The van der Waals surface area contributed by atoms with E-state index < -0.39 is 35.8 Å². The van der Waals surface area contributed by atoms with Gasteiger partial charge in [-0.25, -0.2) is 18.4 Å². The Balaban J connectivity index is 1.48. The second-order valence-corrected chi connectivity index (χ2v) is 10.8. The van der Waals surface area contributed by atoms with Gasteiger partial charge in [-0.3, -0.25) is 15.1 Å². The first-order chi connectivity index (χ1) is 20.2. The van der Waals surface area contributed by atoms with Gasteiger partial charge < -0.3 is 20.3 Å². The topological polar surface area (TPSA) is 113 Å². The number of fused-ring (bicyclic) bond motifs is 4. The van der Waals surface area contributed by atoms with Gasteiger partial charge in [-0.1, -0.05) is 31.0 Å². The first-order valence-electron chi connectivity index (χ1n) is 13.6. The molecule has 0 aliphatic carbocycles. The van der Waals surface area contributed by atoms with E-state index in [1.54, 1.807) is 35.4 Å². The molecule has 2 aliphatic heterocycles. The summed E-state index contributed by atoms with van der Waals surface area (Å²) >= 11 is 5.89. The van der Waals surface area contributed by atoms with Crippen LogP contribution in [-0.4, -0.2) is 41.6 Å². The van der Waals surface area contributed by atoms with E-state index >= 15 is 0 Å². The van der Waals surface area contributed by atoms with E-state index in [1.807, 2.05) is 13.0 Å². The number of rotatable bonds is 3. The molecule has 3 unspecified atom stereocenters. The summed E-state index contributed by atoms with van der Waals surface area (Å²) in [6, 6.07) is 9.23. The van der Waals surface area contributed by atoms with Crippen LogP contribution in [-0.2, 0) is 9.53 Å². The molecular formula is C30H30ClF2N5O4. The third-order valence-corrected chi connectivity index (χ3v) is 8.02. The van der Waals surface area contributed by atoms with Crippen molar-refractivity contribution in [3.8, 4) is 11.1 Å². The van der Waals surface area contributed by atoms with Crippen molar-refractivity contribution in [1.82, 2.24) is 15.2 Å². The minimum Gasteiger partial charge on any atom is -0.453 e. The summed E-state index contributed by atoms with van der Waals surface area (Å²) in [5.41, 5.74) is 2.77. The normalized spacial score (nSPS) is 20.8. The van der Waals surface area contributed by atoms with Gasteiger partial charge in [0.15, 0.2) is 0 Å². The Morgan fingerprint density at radius 2 is 1.93 bits per heavy atom. The van der Waals surface area contributed by atoms with Gasteiger partial charge in [-0.05, 0) is 61.2 Å². The molecule has 0 saturated carbocycles. The molecule has 2 aromatic carbocycles. The summed E-state index contributed by atoms with van der Waals surface area (Å²) in [5.74, 6) is -2.17. The summed E-state index contributed by atoms with van der Waals surface area (Å²) in [6.07, 6.45) is 2.95. The first kappa shape index (κ1) is 29.2. The van der Waals surface area contributed by atoms with Gasteiger partial charge in [0.2, 0.25) is 5.91 Å². The molecule has 2 bridgehead atoms. The number of ether oxygens (including phenoxy) is 1. The number of methoxy groups -OCH3 is 1. The lowest BCUT2D eigenvalue weighted by Crippen LogP contribution is -2.50. The summed E-state index contributed by atoms with van der Waals surface area (Å²) in [5, 5.41) is 8.14. The largest absolute Gasteiger partial charge is 0.453 e. The zero-order valence-corrected chi connectivity index (χ0v) is 23.8. The van der Waals surface area contributed by atoms with Crippen LogP contribution in [0.4, 0.5) is 29.7 Å². The second kappa shape index (κ2) is 12.3. The third kappa shape index (κ3) is 6.01. The highest BCUT2D eigenvalue weighted by Crippen LogP contribution is 2.37. The smallest absolute Gasteiger partial charge is 0.411 e. The van der Waals surface area contributed by atoms with Crippen molar-refractivity contribution >= 4 is 41.0 Å². The van der Waals surface area contributed by atoms with E-state index in [-0.39, 0.29) is 35.4 Å². The van der Waals surface area contributed by atoms with Crippen LogP contribution in [0.25, 0.3) is 11.1 Å². The minimum absolute atomic E-state index is 0.179. The molecule has 0 spiro atoms. The van der Waals surface area contributed by atoms with Crippen LogP contribution in [0.3, 0.4) is 0 Å². The van der Waals surface area contributed by atoms with Gasteiger partial charge in [-0.2, -0.15) is 0 Å². The Kier molecular flexibility index (Phi) is 8.58. The van der Waals surface area contributed by atoms with Gasteiger partial charge in [0.1, 0.15) is 11.6 Å². The van der Waals surface area contributed by atoms with Crippen LogP contribution in [0.5, 0.6) is 0 Å². The molecule has 9 nitrogen and oxygen atoms in total. The lowest BCUT2D eigenvalue weighted by Gasteiger charge is -2.38. The molecule has 220 valence electrons. The Labute approximate surface area is 246 Å². The number of nitrogens with one attached hydrogen (secondary N) is 3. The average molecular weight is 598 g/mol. The van der Waals surface area contributed by atoms with E-state index in [9.17, 15) is 23.2 Å². The van der Waals surface area contributed by atoms with E-state index in [4.69, 9.17) is 11.6 Å². The minimum atomic E-state index is -0.883. The van der Waals surface area contributed by atoms with Gasteiger partial charge in [-0.15, -0.1) is 0 Å². The van der Waals surface area contributed by atoms with Crippen LogP contribution in [0.1, 0.15) is 55.9 Å². The monoisotopic (exact) mass is 597 g/mol. The molecule has 1 aromatic heterocycles. The number of carbonyl (C=O) groups is 3. The molecule has 5 rings (SSSR count). The molecule has 0 radical (unpaired) electrons. The second-order valence-electron chi connectivity index (χ2n) is 10.4. The number of hydrogen-bond acceptors (Lipinski definition) is 5. The van der Waals surface area contributed by atoms with E-state index in [1.165, 1.54) is 7.11 Å². The van der Waals surface area contributed by atoms with Crippen LogP contribution >= 0.6 is 11.6 Å². The molecule has 3 N–H and O–H groups in total. The predicted molar refractivity (Wildman–Crippen MR) is 154 cm³/mol. The number of hydrogen-bond donors (Lipinski definition) is 3. The van der Waals surface area contributed by atoms with Gasteiger partial charge in [0.25, 0.3) is 0 Å². The number of aromatic nitrogens is 1. The molecule has 1 saturated heterocycles. The van der Waals surface area contributed by atoms with Crippen molar-refractivity contribution in [3.63, 3.8) is 0 Å². The molecular weight excluding hydrogens is 568 g/mol. The number of amides is 4. The number of benzene rings is 2. The molecule has 3 aromatic rings. The summed E-state index contributed by atoms with van der Waals surface area (Å²) < 4.78 is 33.9. The van der Waals surface area contributed by atoms with Gasteiger partial charge in [0, 0.05) is 35.5 Å². The first-order valence-corrected chi connectivity index (χ1v) is 14.0. The quantitative estimate of drug-likeness (QED) is 0.287. The Morgan fingerprint density at radius 1 is 1.12 bits per heavy atom. The summed E-state index contributed by atoms with van der Waals surface area (Å²) in [6.45, 7) is 2.06. The van der Waals surface area contributed by atoms with E-state index in [0.29, 0.717) is 41.9 Å². The van der Waals surface area contributed by atoms with Crippen molar-refractivity contribution in [2.75, 3.05) is 24.3 Å². The number of carbonyl (C=O) groups excluding carboxylic acids is 3. The zero-order valence-electron chi connectivity index (χ0n) is 23.0. The maximum atomic E-state index is 14.7. The summed E-state index contributed by atoms with van der Waals surface area (Å²) in [4.78, 5) is 44.5. The standard InChI is InChI=1S/C30H30ClF2N5O4/c1-16-4-3-5-25(38-13-11-22(37-29(38)40)26-21(32)9-8-20(31)27(26)33)24-14-17(10-12-34-24)19-7-6-18(35-30(41)42-2)15-23(19)36-28(16)39/h6-10,12,14-16,22,25H,3-5,11,13H2,1-2H3,(H,35,41)(H,36,39)(H,37,40). The number of nitrogens with zero attached hydrogens (tertiary/aromatic N) is 2. The predicted octanol–water partition coefficient (Wildman–Crippen LogP) is 6.81. The maximum absolute atomic E-state index is 14.7. The molecule has 12 heteroatoms.